The Bertz CT molecular complexity index is 421. The van der Waals surface area contributed by atoms with Crippen LogP contribution in [0.1, 0.15) is 22.8 Å². The SMILES string of the molecule is COc1c(Cl)ccc(C#N)c1C(C)=O. The molecule has 72 valence electrons. The van der Waals surface area contributed by atoms with E-state index in [0.29, 0.717) is 5.02 Å². The van der Waals surface area contributed by atoms with Gasteiger partial charge < -0.3 is 4.74 Å². The normalized spacial score (nSPS) is 9.29. The van der Waals surface area contributed by atoms with Gasteiger partial charge in [0.1, 0.15) is 11.8 Å². The smallest absolute Gasteiger partial charge is 0.164 e. The molecule has 0 aromatic heterocycles. The van der Waals surface area contributed by atoms with Gasteiger partial charge in [0.05, 0.1) is 23.3 Å². The summed E-state index contributed by atoms with van der Waals surface area (Å²) in [5.74, 6) is 0.0270. The zero-order chi connectivity index (χ0) is 10.7. The van der Waals surface area contributed by atoms with Crippen LogP contribution in [0.3, 0.4) is 0 Å². The van der Waals surface area contributed by atoms with Gasteiger partial charge in [-0.15, -0.1) is 0 Å². The number of benzene rings is 1. The van der Waals surface area contributed by atoms with Crippen molar-refractivity contribution in [2.24, 2.45) is 0 Å². The van der Waals surface area contributed by atoms with Gasteiger partial charge in [-0.3, -0.25) is 4.79 Å². The fraction of sp³-hybridized carbons (Fsp3) is 0.200. The highest BCUT2D eigenvalue weighted by atomic mass is 35.5. The molecule has 0 amide bonds. The van der Waals surface area contributed by atoms with Crippen molar-refractivity contribution in [1.29, 1.82) is 5.26 Å². The maximum absolute atomic E-state index is 11.3. The van der Waals surface area contributed by atoms with Crippen molar-refractivity contribution in [3.63, 3.8) is 0 Å². The Morgan fingerprint density at radius 1 is 1.57 bits per heavy atom. The third-order valence-electron chi connectivity index (χ3n) is 1.79. The molecule has 0 aliphatic heterocycles. The fourth-order valence-corrected chi connectivity index (χ4v) is 1.43. The van der Waals surface area contributed by atoms with Crippen LogP contribution in [0.5, 0.6) is 5.75 Å². The molecule has 3 nitrogen and oxygen atoms in total. The molecule has 0 fully saturated rings. The number of halogens is 1. The van der Waals surface area contributed by atoms with E-state index in [0.717, 1.165) is 0 Å². The van der Waals surface area contributed by atoms with E-state index in [1.54, 1.807) is 0 Å². The number of nitrogens with zero attached hydrogens (tertiary/aromatic N) is 1. The third kappa shape index (κ3) is 1.70. The van der Waals surface area contributed by atoms with E-state index in [-0.39, 0.29) is 22.7 Å². The van der Waals surface area contributed by atoms with Crippen molar-refractivity contribution in [3.05, 3.63) is 28.3 Å². The summed E-state index contributed by atoms with van der Waals surface area (Å²) >= 11 is 5.82. The van der Waals surface area contributed by atoms with Crippen LogP contribution in [0.15, 0.2) is 12.1 Å². The van der Waals surface area contributed by atoms with Gasteiger partial charge in [0.2, 0.25) is 0 Å². The summed E-state index contributed by atoms with van der Waals surface area (Å²) in [6, 6.07) is 4.95. The first kappa shape index (κ1) is 10.6. The monoisotopic (exact) mass is 209 g/mol. The van der Waals surface area contributed by atoms with Crippen LogP contribution in [0.25, 0.3) is 0 Å². The summed E-state index contributed by atoms with van der Waals surface area (Å²) in [4.78, 5) is 11.3. The van der Waals surface area contributed by atoms with Gasteiger partial charge >= 0.3 is 0 Å². The van der Waals surface area contributed by atoms with Crippen molar-refractivity contribution in [2.75, 3.05) is 7.11 Å². The van der Waals surface area contributed by atoms with E-state index in [4.69, 9.17) is 21.6 Å². The number of hydrogen-bond donors (Lipinski definition) is 0. The van der Waals surface area contributed by atoms with Gasteiger partial charge in [-0.1, -0.05) is 11.6 Å². The third-order valence-corrected chi connectivity index (χ3v) is 2.08. The fourth-order valence-electron chi connectivity index (χ4n) is 1.20. The van der Waals surface area contributed by atoms with Crippen LogP contribution in [0.2, 0.25) is 5.02 Å². The number of rotatable bonds is 2. The lowest BCUT2D eigenvalue weighted by molar-refractivity contribution is 0.101. The number of Topliss-reactive ketones (excluding diaryl/α,β-unsaturated/α-hetero) is 1. The van der Waals surface area contributed by atoms with Crippen molar-refractivity contribution in [1.82, 2.24) is 0 Å². The van der Waals surface area contributed by atoms with E-state index < -0.39 is 0 Å². The van der Waals surface area contributed by atoms with Crippen LogP contribution in [-0.2, 0) is 0 Å². The maximum atomic E-state index is 11.3. The van der Waals surface area contributed by atoms with E-state index in [2.05, 4.69) is 0 Å². The molecule has 0 aliphatic carbocycles. The minimum absolute atomic E-state index is 0.235. The minimum Gasteiger partial charge on any atom is -0.494 e. The summed E-state index contributed by atoms with van der Waals surface area (Å²) in [6.07, 6.45) is 0. The first-order chi connectivity index (χ1) is 6.61. The van der Waals surface area contributed by atoms with E-state index in [1.165, 1.54) is 26.2 Å². The topological polar surface area (TPSA) is 50.1 Å². The van der Waals surface area contributed by atoms with Crippen LogP contribution in [-0.4, -0.2) is 12.9 Å². The van der Waals surface area contributed by atoms with Crippen LogP contribution in [0, 0.1) is 11.3 Å². The Hall–Kier alpha value is -1.53. The van der Waals surface area contributed by atoms with Gasteiger partial charge in [-0.05, 0) is 19.1 Å². The van der Waals surface area contributed by atoms with Crippen molar-refractivity contribution in [3.8, 4) is 11.8 Å². The molecule has 1 aromatic rings. The van der Waals surface area contributed by atoms with Crippen molar-refractivity contribution in [2.45, 2.75) is 6.92 Å². The molecular weight excluding hydrogens is 202 g/mol. The first-order valence-electron chi connectivity index (χ1n) is 3.89. The molecule has 0 radical (unpaired) electrons. The number of carbonyl (C=O) groups is 1. The Kier molecular flexibility index (Phi) is 3.10. The molecule has 4 heteroatoms. The van der Waals surface area contributed by atoms with Crippen LogP contribution < -0.4 is 4.74 Å². The summed E-state index contributed by atoms with van der Waals surface area (Å²) in [5.41, 5.74) is 0.515. The van der Waals surface area contributed by atoms with Gasteiger partial charge in [0.15, 0.2) is 5.78 Å². The minimum atomic E-state index is -0.235. The molecule has 0 spiro atoms. The van der Waals surface area contributed by atoms with E-state index >= 15 is 0 Å². The predicted octanol–water partition coefficient (Wildman–Crippen LogP) is 2.42. The number of methoxy groups -OCH3 is 1. The summed E-state index contributed by atoms with van der Waals surface area (Å²) in [5, 5.41) is 9.11. The molecule has 0 heterocycles. The van der Waals surface area contributed by atoms with Crippen molar-refractivity contribution >= 4 is 17.4 Å². The van der Waals surface area contributed by atoms with Gasteiger partial charge in [-0.2, -0.15) is 5.26 Å². The van der Waals surface area contributed by atoms with Crippen LogP contribution >= 0.6 is 11.6 Å². The zero-order valence-corrected chi connectivity index (χ0v) is 8.55. The average Bonchev–Trinajstić information content (AvgIpc) is 2.17. The molecule has 1 aromatic carbocycles. The quantitative estimate of drug-likeness (QED) is 0.703. The number of nitriles is 1. The van der Waals surface area contributed by atoms with Gasteiger partial charge in [0, 0.05) is 0 Å². The Labute approximate surface area is 86.9 Å². The summed E-state index contributed by atoms with van der Waals surface area (Å²) in [6.45, 7) is 1.37. The second kappa shape index (κ2) is 4.12. The number of ketones is 1. The largest absolute Gasteiger partial charge is 0.494 e. The van der Waals surface area contributed by atoms with E-state index in [9.17, 15) is 4.79 Å². The molecule has 0 atom stereocenters. The highest BCUT2D eigenvalue weighted by Gasteiger charge is 2.16. The molecule has 0 bridgehead atoms. The molecular formula is C10H8ClNO2. The molecule has 0 aliphatic rings. The number of hydrogen-bond acceptors (Lipinski definition) is 3. The maximum Gasteiger partial charge on any atom is 0.164 e. The zero-order valence-electron chi connectivity index (χ0n) is 7.80. The lowest BCUT2D eigenvalue weighted by Gasteiger charge is -2.08. The molecule has 1 rings (SSSR count). The highest BCUT2D eigenvalue weighted by molar-refractivity contribution is 6.32. The Morgan fingerprint density at radius 2 is 2.21 bits per heavy atom. The second-order valence-corrected chi connectivity index (χ2v) is 3.08. The Balaban J connectivity index is 3.54. The molecule has 0 saturated heterocycles. The summed E-state index contributed by atoms with van der Waals surface area (Å²) < 4.78 is 4.98. The number of ether oxygens (including phenoxy) is 1. The highest BCUT2D eigenvalue weighted by Crippen LogP contribution is 2.31. The predicted molar refractivity (Wildman–Crippen MR) is 52.7 cm³/mol. The van der Waals surface area contributed by atoms with E-state index in [1.807, 2.05) is 6.07 Å². The lowest BCUT2D eigenvalue weighted by Crippen LogP contribution is -2.01. The van der Waals surface area contributed by atoms with Crippen molar-refractivity contribution < 1.29 is 9.53 Å². The van der Waals surface area contributed by atoms with Gasteiger partial charge in [0.25, 0.3) is 0 Å². The standard InChI is InChI=1S/C10H8ClNO2/c1-6(13)9-7(5-12)3-4-8(11)10(9)14-2/h3-4H,1-2H3. The van der Waals surface area contributed by atoms with Crippen LogP contribution in [0.4, 0.5) is 0 Å². The molecule has 14 heavy (non-hydrogen) atoms. The lowest BCUT2D eigenvalue weighted by atomic mass is 10.0. The molecule has 0 N–H and O–H groups in total. The number of carbonyl (C=O) groups excluding carboxylic acids is 1. The average molecular weight is 210 g/mol. The molecule has 0 unspecified atom stereocenters. The Morgan fingerprint density at radius 3 is 2.64 bits per heavy atom. The first-order valence-corrected chi connectivity index (χ1v) is 4.27. The summed E-state index contributed by atoms with van der Waals surface area (Å²) in [7, 11) is 1.41. The second-order valence-electron chi connectivity index (χ2n) is 2.67. The van der Waals surface area contributed by atoms with Gasteiger partial charge in [-0.25, -0.2) is 0 Å². The molecule has 0 saturated carbocycles.